The van der Waals surface area contributed by atoms with Crippen LogP contribution in [0.15, 0.2) is 48.5 Å². The topological polar surface area (TPSA) is 86.8 Å². The van der Waals surface area contributed by atoms with Crippen molar-refractivity contribution < 1.29 is 18.0 Å². The number of sulfonamides is 1. The molecule has 0 aromatic heterocycles. The van der Waals surface area contributed by atoms with Crippen molar-refractivity contribution in [3.8, 4) is 0 Å². The lowest BCUT2D eigenvalue weighted by Crippen LogP contribution is -2.51. The molecule has 4 aliphatic rings. The van der Waals surface area contributed by atoms with E-state index in [0.717, 1.165) is 35.1 Å². The molecule has 7 nitrogen and oxygen atoms in total. The van der Waals surface area contributed by atoms with E-state index in [1.807, 2.05) is 50.2 Å². The minimum Gasteiger partial charge on any atom is -0.355 e. The maximum absolute atomic E-state index is 13.8. The molecule has 2 amide bonds. The van der Waals surface area contributed by atoms with Gasteiger partial charge in [-0.3, -0.25) is 13.9 Å². The normalized spacial score (nSPS) is 25.9. The number of amides is 2. The zero-order valence-electron chi connectivity index (χ0n) is 24.2. The van der Waals surface area contributed by atoms with Gasteiger partial charge < -0.3 is 10.2 Å². The quantitative estimate of drug-likeness (QED) is 0.449. The number of carbonyl (C=O) groups excluding carboxylic acids is 2. The van der Waals surface area contributed by atoms with Crippen molar-refractivity contribution in [2.45, 2.75) is 77.3 Å². The van der Waals surface area contributed by atoms with Crippen LogP contribution >= 0.6 is 0 Å². The molecular formula is C32H43N3O4S. The van der Waals surface area contributed by atoms with E-state index in [2.05, 4.69) is 17.4 Å². The first kappa shape index (κ1) is 28.7. The largest absolute Gasteiger partial charge is 0.355 e. The zero-order valence-corrected chi connectivity index (χ0v) is 25.0. The van der Waals surface area contributed by atoms with Crippen LogP contribution in [0.2, 0.25) is 0 Å². The Morgan fingerprint density at radius 1 is 0.975 bits per heavy atom. The van der Waals surface area contributed by atoms with Crippen LogP contribution in [0, 0.1) is 24.7 Å². The first-order valence-electron chi connectivity index (χ1n) is 14.7. The molecular weight excluding hydrogens is 522 g/mol. The maximum atomic E-state index is 13.8. The minimum atomic E-state index is -3.76. The molecule has 8 heteroatoms. The molecule has 0 radical (unpaired) electrons. The Morgan fingerprint density at radius 2 is 1.55 bits per heavy atom. The maximum Gasteiger partial charge on any atom is 0.244 e. The molecule has 1 atom stereocenters. The summed E-state index contributed by atoms with van der Waals surface area (Å²) in [4.78, 5) is 28.0. The molecule has 6 rings (SSSR count). The average molecular weight is 566 g/mol. The smallest absolute Gasteiger partial charge is 0.244 e. The Bertz CT molecular complexity index is 1320. The number of benzene rings is 2. The van der Waals surface area contributed by atoms with Crippen molar-refractivity contribution in [2.24, 2.45) is 17.8 Å². The van der Waals surface area contributed by atoms with Crippen LogP contribution in [0.1, 0.15) is 69.1 Å². The van der Waals surface area contributed by atoms with Crippen LogP contribution in [0.4, 0.5) is 5.69 Å². The number of aryl methyl sites for hydroxylation is 1. The molecule has 0 spiro atoms. The van der Waals surface area contributed by atoms with E-state index in [-0.39, 0.29) is 24.4 Å². The number of nitrogens with one attached hydrogen (secondary N) is 1. The lowest BCUT2D eigenvalue weighted by Gasteiger charge is -2.57. The van der Waals surface area contributed by atoms with Crippen LogP contribution in [-0.2, 0) is 31.6 Å². The van der Waals surface area contributed by atoms with Crippen LogP contribution in [0.3, 0.4) is 0 Å². The van der Waals surface area contributed by atoms with Gasteiger partial charge in [-0.05, 0) is 111 Å². The van der Waals surface area contributed by atoms with Crippen molar-refractivity contribution >= 4 is 27.5 Å². The molecule has 0 heterocycles. The van der Waals surface area contributed by atoms with E-state index >= 15 is 0 Å². The van der Waals surface area contributed by atoms with Gasteiger partial charge in [0, 0.05) is 13.1 Å². The molecule has 4 saturated carbocycles. The Morgan fingerprint density at radius 3 is 2.08 bits per heavy atom. The highest BCUT2D eigenvalue weighted by Crippen LogP contribution is 2.60. The molecule has 4 aliphatic carbocycles. The number of rotatable bonds is 10. The van der Waals surface area contributed by atoms with Gasteiger partial charge in [-0.2, -0.15) is 0 Å². The van der Waals surface area contributed by atoms with Gasteiger partial charge in [0.05, 0.1) is 11.9 Å². The van der Waals surface area contributed by atoms with Gasteiger partial charge in [0.15, 0.2) is 0 Å². The average Bonchev–Trinajstić information content (AvgIpc) is 2.89. The van der Waals surface area contributed by atoms with Gasteiger partial charge in [0.25, 0.3) is 0 Å². The standard InChI is InChI=1S/C32H43N3O4S/c1-5-33-31(37)23(3)34(20-27-9-7-6-8-22(27)2)30(36)21-35(40(4,38)39)29-12-10-28(11-13-29)32-17-24-14-25(18-32)16-26(15-24)19-32/h6-13,23-26H,5,14-21H2,1-4H3,(H,33,37)/t23-,24?,25?,26?,32?/m0/s1. The van der Waals surface area contributed by atoms with Crippen molar-refractivity contribution in [1.29, 1.82) is 0 Å². The lowest BCUT2D eigenvalue weighted by molar-refractivity contribution is -0.139. The summed E-state index contributed by atoms with van der Waals surface area (Å²) in [5.41, 5.74) is 3.92. The Kier molecular flexibility index (Phi) is 8.01. The number of likely N-dealkylation sites (N-methyl/N-ethyl adjacent to an activating group) is 1. The third-order valence-corrected chi connectivity index (χ3v) is 10.7. The molecule has 216 valence electrons. The zero-order chi connectivity index (χ0) is 28.7. The molecule has 0 saturated heterocycles. The highest BCUT2D eigenvalue weighted by Gasteiger charge is 2.51. The minimum absolute atomic E-state index is 0.214. The molecule has 2 aromatic carbocycles. The fourth-order valence-electron chi connectivity index (χ4n) is 7.93. The summed E-state index contributed by atoms with van der Waals surface area (Å²) >= 11 is 0. The van der Waals surface area contributed by atoms with E-state index in [9.17, 15) is 18.0 Å². The first-order chi connectivity index (χ1) is 19.0. The van der Waals surface area contributed by atoms with Crippen LogP contribution in [0.5, 0.6) is 0 Å². The van der Waals surface area contributed by atoms with E-state index in [0.29, 0.717) is 12.2 Å². The van der Waals surface area contributed by atoms with Crippen LogP contribution < -0.4 is 9.62 Å². The fourth-order valence-corrected chi connectivity index (χ4v) is 8.78. The van der Waals surface area contributed by atoms with Gasteiger partial charge in [0.2, 0.25) is 21.8 Å². The number of hydrogen-bond acceptors (Lipinski definition) is 4. The number of hydrogen-bond donors (Lipinski definition) is 1. The predicted molar refractivity (Wildman–Crippen MR) is 158 cm³/mol. The summed E-state index contributed by atoms with van der Waals surface area (Å²) in [5.74, 6) is 1.78. The summed E-state index contributed by atoms with van der Waals surface area (Å²) in [6, 6.07) is 14.9. The van der Waals surface area contributed by atoms with Crippen molar-refractivity contribution in [3.63, 3.8) is 0 Å². The molecule has 0 unspecified atom stereocenters. The van der Waals surface area contributed by atoms with Crippen molar-refractivity contribution in [2.75, 3.05) is 23.7 Å². The third kappa shape index (κ3) is 5.78. The van der Waals surface area contributed by atoms with E-state index < -0.39 is 22.0 Å². The van der Waals surface area contributed by atoms with E-state index in [1.54, 1.807) is 6.92 Å². The summed E-state index contributed by atoms with van der Waals surface area (Å²) < 4.78 is 27.2. The Hall–Kier alpha value is -2.87. The van der Waals surface area contributed by atoms with Gasteiger partial charge >= 0.3 is 0 Å². The highest BCUT2D eigenvalue weighted by molar-refractivity contribution is 7.92. The van der Waals surface area contributed by atoms with Gasteiger partial charge in [-0.25, -0.2) is 8.42 Å². The SMILES string of the molecule is CCNC(=O)[C@H](C)N(Cc1ccccc1C)C(=O)CN(c1ccc(C23CC4CC(CC(C4)C2)C3)cc1)S(C)(=O)=O. The Balaban J connectivity index is 1.39. The Labute approximate surface area is 239 Å². The molecule has 1 N–H and O–H groups in total. The van der Waals surface area contributed by atoms with Crippen LogP contribution in [0.25, 0.3) is 0 Å². The van der Waals surface area contributed by atoms with Crippen molar-refractivity contribution in [1.82, 2.24) is 10.2 Å². The summed E-state index contributed by atoms with van der Waals surface area (Å²) in [5, 5.41) is 2.79. The van der Waals surface area contributed by atoms with Crippen LogP contribution in [-0.4, -0.2) is 50.5 Å². The highest BCUT2D eigenvalue weighted by atomic mass is 32.2. The molecule has 40 heavy (non-hydrogen) atoms. The predicted octanol–water partition coefficient (Wildman–Crippen LogP) is 4.78. The third-order valence-electron chi connectivity index (χ3n) is 9.61. The lowest BCUT2D eigenvalue weighted by atomic mass is 9.48. The summed E-state index contributed by atoms with van der Waals surface area (Å²) in [6.45, 7) is 5.77. The summed E-state index contributed by atoms with van der Waals surface area (Å²) in [6.07, 6.45) is 8.94. The van der Waals surface area contributed by atoms with Gasteiger partial charge in [0.1, 0.15) is 12.6 Å². The van der Waals surface area contributed by atoms with E-state index in [1.165, 1.54) is 53.3 Å². The molecule has 4 bridgehead atoms. The van der Waals surface area contributed by atoms with Crippen molar-refractivity contribution in [3.05, 3.63) is 65.2 Å². The van der Waals surface area contributed by atoms with Gasteiger partial charge in [-0.1, -0.05) is 36.4 Å². The monoisotopic (exact) mass is 565 g/mol. The first-order valence-corrected chi connectivity index (χ1v) is 16.5. The second-order valence-corrected chi connectivity index (χ2v) is 14.4. The molecule has 2 aromatic rings. The summed E-state index contributed by atoms with van der Waals surface area (Å²) in [7, 11) is -3.76. The second-order valence-electron chi connectivity index (χ2n) is 12.5. The molecule has 0 aliphatic heterocycles. The fraction of sp³-hybridized carbons (Fsp3) is 0.562. The number of anilines is 1. The molecule has 4 fully saturated rings. The van der Waals surface area contributed by atoms with Gasteiger partial charge in [-0.15, -0.1) is 0 Å². The van der Waals surface area contributed by atoms with E-state index in [4.69, 9.17) is 0 Å². The second kappa shape index (κ2) is 11.2. The number of carbonyl (C=O) groups is 2. The number of nitrogens with zero attached hydrogens (tertiary/aromatic N) is 2.